The number of anilines is 3. The number of fused-ring (bicyclic) bond motifs is 3. The number of benzene rings is 6. The third kappa shape index (κ3) is 4.67. The molecule has 0 aliphatic heterocycles. The highest BCUT2D eigenvalue weighted by Crippen LogP contribution is 2.43. The molecule has 0 saturated carbocycles. The van der Waals surface area contributed by atoms with E-state index in [1.54, 1.807) is 30.3 Å². The van der Waals surface area contributed by atoms with Gasteiger partial charge in [-0.1, -0.05) is 30.3 Å². The maximum atomic E-state index is 14.4. The van der Waals surface area contributed by atoms with Crippen LogP contribution in [-0.2, 0) is 0 Å². The molecule has 7 aromatic rings. The Bertz CT molecular complexity index is 2020. The quantitative estimate of drug-likeness (QED) is 0.195. The van der Waals surface area contributed by atoms with Crippen molar-refractivity contribution in [3.8, 4) is 22.3 Å². The third-order valence-electron chi connectivity index (χ3n) is 7.26. The Morgan fingerprint density at radius 1 is 0.429 bits per heavy atom. The van der Waals surface area contributed by atoms with E-state index in [4.69, 9.17) is 4.42 Å². The second kappa shape index (κ2) is 10.2. The summed E-state index contributed by atoms with van der Waals surface area (Å²) >= 11 is 0. The van der Waals surface area contributed by atoms with Crippen molar-refractivity contribution in [2.75, 3.05) is 4.90 Å². The molecule has 1 heterocycles. The standard InChI is InChI=1S/C36H21F4NO/c37-25-8-12-29(13-9-25)41(30-14-10-26(38)11-15-30)31-19-22(23-17-27(39)21-28(40)18-23)16-24(20-31)32-5-3-7-35-36(32)33-4-1-2-6-34(33)42-35/h1-21H. The van der Waals surface area contributed by atoms with Crippen LogP contribution >= 0.6 is 0 Å². The van der Waals surface area contributed by atoms with Crippen LogP contribution in [0.25, 0.3) is 44.2 Å². The SMILES string of the molecule is Fc1ccc(N(c2ccc(F)cc2)c2cc(-c3cc(F)cc(F)c3)cc(-c3cccc4oc5ccccc5c34)c2)cc1. The second-order valence-electron chi connectivity index (χ2n) is 9.99. The lowest BCUT2D eigenvalue weighted by atomic mass is 9.94. The Hall–Kier alpha value is -5.36. The van der Waals surface area contributed by atoms with Crippen molar-refractivity contribution in [2.24, 2.45) is 0 Å². The molecule has 0 bridgehead atoms. The zero-order valence-electron chi connectivity index (χ0n) is 22.0. The van der Waals surface area contributed by atoms with Crippen LogP contribution in [0.15, 0.2) is 132 Å². The molecule has 1 aromatic heterocycles. The number of hydrogen-bond donors (Lipinski definition) is 0. The van der Waals surface area contributed by atoms with E-state index in [1.807, 2.05) is 59.5 Å². The van der Waals surface area contributed by atoms with Gasteiger partial charge in [0.25, 0.3) is 0 Å². The third-order valence-corrected chi connectivity index (χ3v) is 7.26. The predicted molar refractivity (Wildman–Crippen MR) is 159 cm³/mol. The summed E-state index contributed by atoms with van der Waals surface area (Å²) < 4.78 is 62.8. The number of nitrogens with zero attached hydrogens (tertiary/aromatic N) is 1. The van der Waals surface area contributed by atoms with Crippen molar-refractivity contribution in [3.05, 3.63) is 151 Å². The first kappa shape index (κ1) is 25.6. The Morgan fingerprint density at radius 2 is 1.00 bits per heavy atom. The van der Waals surface area contributed by atoms with E-state index in [1.165, 1.54) is 36.4 Å². The van der Waals surface area contributed by atoms with E-state index in [9.17, 15) is 17.6 Å². The van der Waals surface area contributed by atoms with Gasteiger partial charge in [0.2, 0.25) is 0 Å². The summed E-state index contributed by atoms with van der Waals surface area (Å²) in [6.45, 7) is 0. The lowest BCUT2D eigenvalue weighted by Crippen LogP contribution is -2.10. The molecule has 6 heteroatoms. The molecule has 6 aromatic carbocycles. The molecule has 0 saturated heterocycles. The molecule has 0 spiro atoms. The average molecular weight is 560 g/mol. The summed E-state index contributed by atoms with van der Waals surface area (Å²) in [7, 11) is 0. The maximum Gasteiger partial charge on any atom is 0.136 e. The van der Waals surface area contributed by atoms with Gasteiger partial charge in [-0.05, 0) is 113 Å². The molecule has 0 fully saturated rings. The zero-order valence-corrected chi connectivity index (χ0v) is 22.0. The topological polar surface area (TPSA) is 16.4 Å². The first-order chi connectivity index (χ1) is 20.4. The van der Waals surface area contributed by atoms with Gasteiger partial charge >= 0.3 is 0 Å². The minimum atomic E-state index is -0.700. The average Bonchev–Trinajstić information content (AvgIpc) is 3.38. The Kier molecular flexibility index (Phi) is 6.24. The minimum Gasteiger partial charge on any atom is -0.456 e. The van der Waals surface area contributed by atoms with Gasteiger partial charge in [0, 0.05) is 33.9 Å². The normalized spacial score (nSPS) is 11.3. The van der Waals surface area contributed by atoms with Crippen LogP contribution < -0.4 is 4.90 Å². The Balaban J connectivity index is 1.53. The Morgan fingerprint density at radius 3 is 1.67 bits per heavy atom. The predicted octanol–water partition coefficient (Wildman–Crippen LogP) is 10.9. The number of hydrogen-bond acceptors (Lipinski definition) is 2. The van der Waals surface area contributed by atoms with Gasteiger partial charge in [-0.3, -0.25) is 0 Å². The van der Waals surface area contributed by atoms with Crippen LogP contribution in [0.3, 0.4) is 0 Å². The van der Waals surface area contributed by atoms with Crippen molar-refractivity contribution in [1.82, 2.24) is 0 Å². The first-order valence-corrected chi connectivity index (χ1v) is 13.3. The fourth-order valence-electron chi connectivity index (χ4n) is 5.43. The molecule has 0 amide bonds. The molecule has 0 aliphatic rings. The molecule has 2 nitrogen and oxygen atoms in total. The lowest BCUT2D eigenvalue weighted by molar-refractivity contribution is 0.584. The number of furan rings is 1. The molecule has 204 valence electrons. The van der Waals surface area contributed by atoms with E-state index in [0.717, 1.165) is 33.5 Å². The highest BCUT2D eigenvalue weighted by Gasteiger charge is 2.19. The summed E-state index contributed by atoms with van der Waals surface area (Å²) in [6.07, 6.45) is 0. The van der Waals surface area contributed by atoms with Gasteiger partial charge in [0.15, 0.2) is 0 Å². The van der Waals surface area contributed by atoms with Gasteiger partial charge in [0.05, 0.1) is 0 Å². The van der Waals surface area contributed by atoms with Crippen molar-refractivity contribution in [3.63, 3.8) is 0 Å². The summed E-state index contributed by atoms with van der Waals surface area (Å²) in [6, 6.07) is 34.4. The number of halogens is 4. The van der Waals surface area contributed by atoms with Crippen LogP contribution in [0.1, 0.15) is 0 Å². The molecule has 7 rings (SSSR count). The van der Waals surface area contributed by atoms with Crippen molar-refractivity contribution in [1.29, 1.82) is 0 Å². The lowest BCUT2D eigenvalue weighted by Gasteiger charge is -2.27. The number of para-hydroxylation sites is 1. The molecule has 0 N–H and O–H groups in total. The molecular weight excluding hydrogens is 538 g/mol. The van der Waals surface area contributed by atoms with Crippen LogP contribution in [0.5, 0.6) is 0 Å². The fraction of sp³-hybridized carbons (Fsp3) is 0. The van der Waals surface area contributed by atoms with E-state index in [0.29, 0.717) is 33.8 Å². The van der Waals surface area contributed by atoms with E-state index in [2.05, 4.69) is 0 Å². The van der Waals surface area contributed by atoms with Crippen LogP contribution in [0.4, 0.5) is 34.6 Å². The monoisotopic (exact) mass is 559 g/mol. The number of rotatable bonds is 5. The van der Waals surface area contributed by atoms with Gasteiger partial charge < -0.3 is 9.32 Å². The van der Waals surface area contributed by atoms with Gasteiger partial charge in [-0.25, -0.2) is 17.6 Å². The summed E-state index contributed by atoms with van der Waals surface area (Å²) in [4.78, 5) is 1.84. The highest BCUT2D eigenvalue weighted by molar-refractivity contribution is 6.12. The first-order valence-electron chi connectivity index (χ1n) is 13.3. The van der Waals surface area contributed by atoms with E-state index >= 15 is 0 Å². The van der Waals surface area contributed by atoms with Crippen molar-refractivity contribution < 1.29 is 22.0 Å². The molecule has 0 unspecified atom stereocenters. The van der Waals surface area contributed by atoms with Crippen molar-refractivity contribution in [2.45, 2.75) is 0 Å². The smallest absolute Gasteiger partial charge is 0.136 e. The molecule has 42 heavy (non-hydrogen) atoms. The maximum absolute atomic E-state index is 14.4. The summed E-state index contributed by atoms with van der Waals surface area (Å²) in [5.41, 5.74) is 5.81. The molecule has 0 atom stereocenters. The molecule has 0 radical (unpaired) electrons. The largest absolute Gasteiger partial charge is 0.456 e. The zero-order chi connectivity index (χ0) is 28.8. The van der Waals surface area contributed by atoms with E-state index in [-0.39, 0.29) is 0 Å². The van der Waals surface area contributed by atoms with Gasteiger partial charge in [0.1, 0.15) is 34.4 Å². The molecular formula is C36H21F4NO. The van der Waals surface area contributed by atoms with Crippen LogP contribution in [-0.4, -0.2) is 0 Å². The van der Waals surface area contributed by atoms with Crippen molar-refractivity contribution >= 4 is 39.0 Å². The van der Waals surface area contributed by atoms with Crippen LogP contribution in [0.2, 0.25) is 0 Å². The summed E-state index contributed by atoms with van der Waals surface area (Å²) in [5, 5.41) is 1.83. The Labute approximate surface area is 238 Å². The second-order valence-corrected chi connectivity index (χ2v) is 9.99. The van der Waals surface area contributed by atoms with Gasteiger partial charge in [-0.2, -0.15) is 0 Å². The highest BCUT2D eigenvalue weighted by atomic mass is 19.1. The van der Waals surface area contributed by atoms with Crippen LogP contribution in [0, 0.1) is 23.3 Å². The molecule has 0 aliphatic carbocycles. The van der Waals surface area contributed by atoms with Gasteiger partial charge in [-0.15, -0.1) is 0 Å². The van der Waals surface area contributed by atoms with E-state index < -0.39 is 23.3 Å². The summed E-state index contributed by atoms with van der Waals surface area (Å²) in [5.74, 6) is -2.20. The minimum absolute atomic E-state index is 0.345. The fourth-order valence-corrected chi connectivity index (χ4v) is 5.43.